The molecule has 0 aliphatic rings. The fourth-order valence-corrected chi connectivity index (χ4v) is 0.705. The number of nitrogens with zero attached hydrogens (tertiary/aromatic N) is 1. The van der Waals surface area contributed by atoms with Gasteiger partial charge in [-0.1, -0.05) is 50.3 Å². The molecule has 0 rings (SSSR count). The van der Waals surface area contributed by atoms with Crippen molar-refractivity contribution in [2.75, 3.05) is 14.1 Å². The second-order valence-electron chi connectivity index (χ2n) is 3.21. The molecular formula is C13H25N. The quantitative estimate of drug-likeness (QED) is 0.619. The van der Waals surface area contributed by atoms with Gasteiger partial charge in [0.1, 0.15) is 0 Å². The first-order valence-corrected chi connectivity index (χ1v) is 5.22. The predicted molar refractivity (Wildman–Crippen MR) is 67.6 cm³/mol. The van der Waals surface area contributed by atoms with Gasteiger partial charge in [-0.25, -0.2) is 0 Å². The third-order valence-electron chi connectivity index (χ3n) is 1.83. The van der Waals surface area contributed by atoms with Gasteiger partial charge in [0.2, 0.25) is 0 Å². The molecule has 0 aromatic carbocycles. The molecule has 14 heavy (non-hydrogen) atoms. The van der Waals surface area contributed by atoms with Crippen LogP contribution in [0.25, 0.3) is 0 Å². The van der Waals surface area contributed by atoms with Crippen LogP contribution in [0.1, 0.15) is 27.7 Å². The summed E-state index contributed by atoms with van der Waals surface area (Å²) in [5.74, 6) is 0. The van der Waals surface area contributed by atoms with Gasteiger partial charge in [0, 0.05) is 6.04 Å². The van der Waals surface area contributed by atoms with Crippen molar-refractivity contribution in [2.24, 2.45) is 0 Å². The van der Waals surface area contributed by atoms with Gasteiger partial charge in [-0.3, -0.25) is 0 Å². The highest BCUT2D eigenvalue weighted by Crippen LogP contribution is 1.99. The summed E-state index contributed by atoms with van der Waals surface area (Å²) in [6.07, 6.45) is 8.10. The molecule has 0 spiro atoms. The van der Waals surface area contributed by atoms with Crippen LogP contribution in [0.3, 0.4) is 0 Å². The summed E-state index contributed by atoms with van der Waals surface area (Å²) in [5, 5.41) is 0. The van der Waals surface area contributed by atoms with Crippen LogP contribution in [0, 0.1) is 0 Å². The van der Waals surface area contributed by atoms with Crippen LogP contribution in [0.4, 0.5) is 0 Å². The molecule has 0 radical (unpaired) electrons. The van der Waals surface area contributed by atoms with Crippen molar-refractivity contribution < 1.29 is 0 Å². The van der Waals surface area contributed by atoms with Crippen LogP contribution in [0.2, 0.25) is 0 Å². The molecule has 0 aliphatic carbocycles. The Kier molecular flexibility index (Phi) is 11.5. The van der Waals surface area contributed by atoms with Crippen molar-refractivity contribution in [3.63, 3.8) is 0 Å². The molecule has 0 saturated heterocycles. The van der Waals surface area contributed by atoms with Gasteiger partial charge >= 0.3 is 0 Å². The molecule has 0 fully saturated rings. The third-order valence-corrected chi connectivity index (χ3v) is 1.83. The molecule has 82 valence electrons. The van der Waals surface area contributed by atoms with Gasteiger partial charge in [0.25, 0.3) is 0 Å². The Hall–Kier alpha value is -0.820. The van der Waals surface area contributed by atoms with Crippen molar-refractivity contribution in [3.8, 4) is 0 Å². The Morgan fingerprint density at radius 3 is 2.14 bits per heavy atom. The highest BCUT2D eigenvalue weighted by Gasteiger charge is 1.96. The molecular weight excluding hydrogens is 170 g/mol. The molecule has 0 saturated carbocycles. The number of rotatable bonds is 4. The van der Waals surface area contributed by atoms with Crippen LogP contribution >= 0.6 is 0 Å². The average molecular weight is 195 g/mol. The Labute approximate surface area is 89.8 Å². The molecule has 0 heterocycles. The largest absolute Gasteiger partial charge is 0.303 e. The van der Waals surface area contributed by atoms with E-state index in [1.807, 2.05) is 19.9 Å². The number of hydrogen-bond donors (Lipinski definition) is 0. The number of allylic oxidation sites excluding steroid dienone is 4. The average Bonchev–Trinajstić information content (AvgIpc) is 2.17. The lowest BCUT2D eigenvalue weighted by Gasteiger charge is -2.14. The van der Waals surface area contributed by atoms with Gasteiger partial charge in [-0.15, -0.1) is 0 Å². The molecule has 1 heteroatoms. The van der Waals surface area contributed by atoms with Crippen molar-refractivity contribution in [1.82, 2.24) is 4.90 Å². The van der Waals surface area contributed by atoms with Crippen molar-refractivity contribution in [2.45, 2.75) is 33.7 Å². The van der Waals surface area contributed by atoms with E-state index in [1.165, 1.54) is 5.57 Å². The zero-order valence-corrected chi connectivity index (χ0v) is 10.5. The van der Waals surface area contributed by atoms with E-state index in [2.05, 4.69) is 51.6 Å². The van der Waals surface area contributed by atoms with E-state index in [-0.39, 0.29) is 0 Å². The van der Waals surface area contributed by atoms with Crippen LogP contribution in [0.5, 0.6) is 0 Å². The van der Waals surface area contributed by atoms with E-state index >= 15 is 0 Å². The van der Waals surface area contributed by atoms with E-state index in [1.54, 1.807) is 6.08 Å². The van der Waals surface area contributed by atoms with Crippen molar-refractivity contribution in [1.29, 1.82) is 0 Å². The molecule has 1 atom stereocenters. The van der Waals surface area contributed by atoms with Crippen LogP contribution in [0.15, 0.2) is 36.5 Å². The molecule has 0 bridgehead atoms. The van der Waals surface area contributed by atoms with E-state index in [0.29, 0.717) is 6.04 Å². The minimum atomic E-state index is 0.484. The maximum absolute atomic E-state index is 3.64. The molecule has 1 unspecified atom stereocenters. The second kappa shape index (κ2) is 10.3. The summed E-state index contributed by atoms with van der Waals surface area (Å²) >= 11 is 0. The van der Waals surface area contributed by atoms with Crippen LogP contribution < -0.4 is 0 Å². The summed E-state index contributed by atoms with van der Waals surface area (Å²) in [7, 11) is 4.14. The molecule has 0 N–H and O–H groups in total. The highest BCUT2D eigenvalue weighted by molar-refractivity contribution is 5.21. The minimum Gasteiger partial charge on any atom is -0.303 e. The fourth-order valence-electron chi connectivity index (χ4n) is 0.705. The third kappa shape index (κ3) is 9.27. The lowest BCUT2D eigenvalue weighted by molar-refractivity contribution is 0.364. The van der Waals surface area contributed by atoms with E-state index in [9.17, 15) is 0 Å². The monoisotopic (exact) mass is 195 g/mol. The molecule has 0 aromatic rings. The Morgan fingerprint density at radius 1 is 1.29 bits per heavy atom. The lowest BCUT2D eigenvalue weighted by Crippen LogP contribution is -2.21. The summed E-state index contributed by atoms with van der Waals surface area (Å²) in [6, 6.07) is 0.484. The van der Waals surface area contributed by atoms with E-state index < -0.39 is 0 Å². The van der Waals surface area contributed by atoms with Gasteiger partial charge in [0.15, 0.2) is 0 Å². The smallest absolute Gasteiger partial charge is 0.0246 e. The van der Waals surface area contributed by atoms with Gasteiger partial charge < -0.3 is 4.90 Å². The SMILES string of the molecule is C=C/C=C(C)\C=C/C(C)N(C)C.CC. The topological polar surface area (TPSA) is 3.24 Å². The zero-order valence-electron chi connectivity index (χ0n) is 10.5. The molecule has 1 nitrogen and oxygen atoms in total. The Balaban J connectivity index is 0. The summed E-state index contributed by atoms with van der Waals surface area (Å²) in [6.45, 7) is 11.9. The summed E-state index contributed by atoms with van der Waals surface area (Å²) in [5.41, 5.74) is 1.23. The van der Waals surface area contributed by atoms with Crippen molar-refractivity contribution in [3.05, 3.63) is 36.5 Å². The normalized spacial score (nSPS) is 13.8. The maximum Gasteiger partial charge on any atom is 0.0246 e. The van der Waals surface area contributed by atoms with Crippen LogP contribution in [-0.4, -0.2) is 25.0 Å². The Morgan fingerprint density at radius 2 is 1.79 bits per heavy atom. The number of hydrogen-bond acceptors (Lipinski definition) is 1. The van der Waals surface area contributed by atoms with E-state index in [4.69, 9.17) is 0 Å². The molecule has 0 aliphatic heterocycles. The summed E-state index contributed by atoms with van der Waals surface area (Å²) in [4.78, 5) is 2.16. The first-order chi connectivity index (χ1) is 6.57. The minimum absolute atomic E-state index is 0.484. The Bertz CT molecular complexity index is 187. The van der Waals surface area contributed by atoms with Gasteiger partial charge in [0.05, 0.1) is 0 Å². The first kappa shape index (κ1) is 15.6. The van der Waals surface area contributed by atoms with Crippen molar-refractivity contribution >= 4 is 0 Å². The summed E-state index contributed by atoms with van der Waals surface area (Å²) < 4.78 is 0. The standard InChI is InChI=1S/C11H19N.C2H6/c1-6-7-10(2)8-9-11(3)12(4)5;1-2/h6-9,11H,1H2,2-5H3;1-2H3/b9-8-,10-7-;. The fraction of sp³-hybridized carbons (Fsp3) is 0.538. The lowest BCUT2D eigenvalue weighted by atomic mass is 10.2. The molecule has 0 aromatic heterocycles. The van der Waals surface area contributed by atoms with E-state index in [0.717, 1.165) is 0 Å². The zero-order chi connectivity index (χ0) is 11.6. The maximum atomic E-state index is 3.64. The second-order valence-corrected chi connectivity index (χ2v) is 3.21. The van der Waals surface area contributed by atoms with Crippen LogP contribution in [-0.2, 0) is 0 Å². The highest BCUT2D eigenvalue weighted by atomic mass is 15.1. The number of likely N-dealkylation sites (N-methyl/N-ethyl adjacent to an activating group) is 1. The molecule has 0 amide bonds. The van der Waals surface area contributed by atoms with Gasteiger partial charge in [-0.2, -0.15) is 0 Å². The first-order valence-electron chi connectivity index (χ1n) is 5.22. The van der Waals surface area contributed by atoms with Gasteiger partial charge in [-0.05, 0) is 27.9 Å². The predicted octanol–water partition coefficient (Wildman–Crippen LogP) is 3.65.